The first-order valence-electron chi connectivity index (χ1n) is 9.62. The number of ether oxygens (including phenoxy) is 2. The monoisotopic (exact) mass is 379 g/mol. The first-order chi connectivity index (χ1) is 13.4. The predicted octanol–water partition coefficient (Wildman–Crippen LogP) is 4.09. The van der Waals surface area contributed by atoms with Gasteiger partial charge in [0.25, 0.3) is 0 Å². The highest BCUT2D eigenvalue weighted by atomic mass is 16.5. The van der Waals surface area contributed by atoms with E-state index in [2.05, 4.69) is 5.10 Å². The molecular formula is C22H25N3O3. The predicted molar refractivity (Wildman–Crippen MR) is 108 cm³/mol. The minimum absolute atomic E-state index is 0.0786. The molecule has 0 saturated heterocycles. The number of ketones is 1. The van der Waals surface area contributed by atoms with E-state index in [9.17, 15) is 4.79 Å². The van der Waals surface area contributed by atoms with Crippen LogP contribution in [0.25, 0.3) is 22.2 Å². The largest absolute Gasteiger partial charge is 0.496 e. The average Bonchev–Trinajstić information content (AvgIpc) is 3.27. The molecule has 0 amide bonds. The molecule has 6 nitrogen and oxygen atoms in total. The number of pyridine rings is 1. The molecule has 1 aliphatic carbocycles. The summed E-state index contributed by atoms with van der Waals surface area (Å²) in [5, 5.41) is 5.42. The molecule has 2 aromatic heterocycles. The molecule has 0 N–H and O–H groups in total. The Hall–Kier alpha value is -2.89. The van der Waals surface area contributed by atoms with Crippen LogP contribution in [-0.2, 0) is 11.8 Å². The summed E-state index contributed by atoms with van der Waals surface area (Å²) in [6.45, 7) is 4.03. The van der Waals surface area contributed by atoms with E-state index in [1.165, 1.54) is 0 Å². The molecule has 1 saturated carbocycles. The van der Waals surface area contributed by atoms with E-state index in [0.717, 1.165) is 39.9 Å². The van der Waals surface area contributed by atoms with Crippen molar-refractivity contribution < 1.29 is 14.3 Å². The minimum Gasteiger partial charge on any atom is -0.496 e. The quantitative estimate of drug-likeness (QED) is 0.668. The minimum atomic E-state index is -0.0786. The van der Waals surface area contributed by atoms with Crippen LogP contribution in [-0.4, -0.2) is 33.8 Å². The van der Waals surface area contributed by atoms with Crippen molar-refractivity contribution in [1.82, 2.24) is 14.8 Å². The number of rotatable bonds is 5. The Bertz CT molecular complexity index is 1040. The van der Waals surface area contributed by atoms with Gasteiger partial charge in [0, 0.05) is 37.6 Å². The molecule has 0 radical (unpaired) electrons. The summed E-state index contributed by atoms with van der Waals surface area (Å²) in [7, 11) is 3.55. The summed E-state index contributed by atoms with van der Waals surface area (Å²) < 4.78 is 13.5. The number of nitrogens with zero attached hydrogens (tertiary/aromatic N) is 3. The van der Waals surface area contributed by atoms with Crippen molar-refractivity contribution in [2.24, 2.45) is 13.0 Å². The molecule has 0 bridgehead atoms. The number of carbonyl (C=O) groups excluding carboxylic acids is 1. The number of hydrogen-bond acceptors (Lipinski definition) is 5. The van der Waals surface area contributed by atoms with Crippen LogP contribution < -0.4 is 9.47 Å². The van der Waals surface area contributed by atoms with Gasteiger partial charge in [0.2, 0.25) is 5.88 Å². The Morgan fingerprint density at radius 1 is 1.29 bits per heavy atom. The lowest BCUT2D eigenvalue weighted by atomic mass is 10.0. The highest BCUT2D eigenvalue weighted by Gasteiger charge is 2.29. The molecule has 0 aliphatic heterocycles. The molecule has 146 valence electrons. The molecule has 4 rings (SSSR count). The number of aryl methyl sites for hydroxylation is 2. The van der Waals surface area contributed by atoms with Gasteiger partial charge >= 0.3 is 0 Å². The zero-order valence-electron chi connectivity index (χ0n) is 16.7. The molecule has 1 aromatic carbocycles. The van der Waals surface area contributed by atoms with Gasteiger partial charge in [0.05, 0.1) is 23.7 Å². The summed E-state index contributed by atoms with van der Waals surface area (Å²) in [5.41, 5.74) is 3.63. The SMILES string of the molecule is COc1cc(-c2cc3nn(C)cc3c(O[C@H](C)[C@H]3CCC(=O)C3)n2)ccc1C. The third-order valence-electron chi connectivity index (χ3n) is 5.53. The van der Waals surface area contributed by atoms with E-state index in [1.54, 1.807) is 11.8 Å². The van der Waals surface area contributed by atoms with Crippen LogP contribution in [0.3, 0.4) is 0 Å². The molecule has 3 aromatic rings. The van der Waals surface area contributed by atoms with E-state index in [1.807, 2.05) is 51.4 Å². The van der Waals surface area contributed by atoms with E-state index in [4.69, 9.17) is 14.5 Å². The summed E-state index contributed by atoms with van der Waals surface area (Å²) in [6, 6.07) is 7.99. The van der Waals surface area contributed by atoms with Crippen LogP contribution >= 0.6 is 0 Å². The molecule has 28 heavy (non-hydrogen) atoms. The lowest BCUT2D eigenvalue weighted by molar-refractivity contribution is -0.117. The second-order valence-corrected chi connectivity index (χ2v) is 7.60. The van der Waals surface area contributed by atoms with Crippen molar-refractivity contribution in [3.8, 4) is 22.9 Å². The zero-order valence-corrected chi connectivity index (χ0v) is 16.7. The summed E-state index contributed by atoms with van der Waals surface area (Å²) >= 11 is 0. The first-order valence-corrected chi connectivity index (χ1v) is 9.62. The Balaban J connectivity index is 1.74. The van der Waals surface area contributed by atoms with Crippen LogP contribution in [0.5, 0.6) is 11.6 Å². The van der Waals surface area contributed by atoms with Gasteiger partial charge in [0.15, 0.2) is 0 Å². The summed E-state index contributed by atoms with van der Waals surface area (Å²) in [4.78, 5) is 16.5. The number of aromatic nitrogens is 3. The molecule has 0 spiro atoms. The van der Waals surface area contributed by atoms with Crippen LogP contribution in [0.1, 0.15) is 31.7 Å². The van der Waals surface area contributed by atoms with Crippen molar-refractivity contribution >= 4 is 16.7 Å². The van der Waals surface area contributed by atoms with Gasteiger partial charge in [-0.05, 0) is 38.0 Å². The maximum absolute atomic E-state index is 11.7. The Morgan fingerprint density at radius 2 is 2.11 bits per heavy atom. The molecular weight excluding hydrogens is 354 g/mol. The van der Waals surface area contributed by atoms with Gasteiger partial charge in [-0.1, -0.05) is 12.1 Å². The first kappa shape index (κ1) is 18.5. The van der Waals surface area contributed by atoms with Crippen LogP contribution in [0.4, 0.5) is 0 Å². The van der Waals surface area contributed by atoms with Gasteiger partial charge < -0.3 is 9.47 Å². The number of benzene rings is 1. The fourth-order valence-electron chi connectivity index (χ4n) is 3.84. The lowest BCUT2D eigenvalue weighted by Gasteiger charge is -2.20. The Morgan fingerprint density at radius 3 is 2.82 bits per heavy atom. The van der Waals surface area contributed by atoms with Gasteiger partial charge in [0.1, 0.15) is 17.6 Å². The molecule has 1 fully saturated rings. The zero-order chi connectivity index (χ0) is 19.8. The number of carbonyl (C=O) groups is 1. The topological polar surface area (TPSA) is 66.2 Å². The molecule has 6 heteroatoms. The van der Waals surface area contributed by atoms with Crippen LogP contribution in [0.2, 0.25) is 0 Å². The van der Waals surface area contributed by atoms with Crippen molar-refractivity contribution in [3.05, 3.63) is 36.0 Å². The number of fused-ring (bicyclic) bond motifs is 1. The van der Waals surface area contributed by atoms with Gasteiger partial charge in [-0.3, -0.25) is 9.48 Å². The van der Waals surface area contributed by atoms with Gasteiger partial charge in [-0.15, -0.1) is 0 Å². The van der Waals surface area contributed by atoms with Gasteiger partial charge in [-0.25, -0.2) is 4.98 Å². The fraction of sp³-hybridized carbons (Fsp3) is 0.409. The van der Waals surface area contributed by atoms with Crippen molar-refractivity contribution in [1.29, 1.82) is 0 Å². The number of hydrogen-bond donors (Lipinski definition) is 0. The second kappa shape index (κ2) is 7.26. The van der Waals surface area contributed by atoms with Crippen molar-refractivity contribution in [3.63, 3.8) is 0 Å². The number of Topliss-reactive ketones (excluding diaryl/α,β-unsaturated/α-hetero) is 1. The molecule has 0 unspecified atom stereocenters. The normalized spacial score (nSPS) is 17.9. The summed E-state index contributed by atoms with van der Waals surface area (Å²) in [5.74, 6) is 1.94. The van der Waals surface area contributed by atoms with E-state index in [0.29, 0.717) is 24.5 Å². The number of methoxy groups -OCH3 is 1. The highest BCUT2D eigenvalue weighted by molar-refractivity contribution is 5.87. The molecule has 2 heterocycles. The maximum Gasteiger partial charge on any atom is 0.225 e. The average molecular weight is 379 g/mol. The summed E-state index contributed by atoms with van der Waals surface area (Å²) in [6.07, 6.45) is 3.96. The molecule has 2 atom stereocenters. The second-order valence-electron chi connectivity index (χ2n) is 7.60. The van der Waals surface area contributed by atoms with Gasteiger partial charge in [-0.2, -0.15) is 5.10 Å². The van der Waals surface area contributed by atoms with E-state index >= 15 is 0 Å². The van der Waals surface area contributed by atoms with Crippen LogP contribution in [0.15, 0.2) is 30.5 Å². The Labute approximate surface area is 164 Å². The smallest absolute Gasteiger partial charge is 0.225 e. The van der Waals surface area contributed by atoms with Crippen molar-refractivity contribution in [2.45, 2.75) is 39.2 Å². The van der Waals surface area contributed by atoms with Crippen molar-refractivity contribution in [2.75, 3.05) is 7.11 Å². The lowest BCUT2D eigenvalue weighted by Crippen LogP contribution is -2.22. The Kier molecular flexibility index (Phi) is 4.79. The van der Waals surface area contributed by atoms with Crippen LogP contribution in [0, 0.1) is 12.8 Å². The van der Waals surface area contributed by atoms with E-state index in [-0.39, 0.29) is 12.0 Å². The highest BCUT2D eigenvalue weighted by Crippen LogP contribution is 2.34. The maximum atomic E-state index is 11.7. The molecule has 1 aliphatic rings. The third kappa shape index (κ3) is 3.46. The third-order valence-corrected chi connectivity index (χ3v) is 5.53. The standard InChI is InChI=1S/C22H25N3O3/c1-13-5-6-16(10-21(13)27-4)19-11-20-18(12-25(3)24-20)22(23-19)28-14(2)15-7-8-17(26)9-15/h5-6,10-12,14-15H,7-9H2,1-4H3/t14-,15+/m1/s1. The fourth-order valence-corrected chi connectivity index (χ4v) is 3.84. The van der Waals surface area contributed by atoms with E-state index < -0.39 is 0 Å².